The van der Waals surface area contributed by atoms with E-state index in [-0.39, 0.29) is 5.91 Å². The lowest BCUT2D eigenvalue weighted by Crippen LogP contribution is -2.50. The van der Waals surface area contributed by atoms with Crippen LogP contribution < -0.4 is 0 Å². The SMILES string of the molecule is O=C(c1cc(Br)c[nH]1)N1CCN(S(=O)(=O)c2ccc(Br)s2)CC1. The highest BCUT2D eigenvalue weighted by Gasteiger charge is 2.31. The Hall–Kier alpha value is -0.680. The quantitative estimate of drug-likeness (QED) is 0.730. The lowest BCUT2D eigenvalue weighted by Gasteiger charge is -2.33. The van der Waals surface area contributed by atoms with Crippen LogP contribution in [0.15, 0.2) is 36.9 Å². The maximum absolute atomic E-state index is 12.6. The summed E-state index contributed by atoms with van der Waals surface area (Å²) < 4.78 is 28.4. The molecule has 124 valence electrons. The van der Waals surface area contributed by atoms with E-state index in [0.717, 1.165) is 8.26 Å². The van der Waals surface area contributed by atoms with Gasteiger partial charge in [-0.1, -0.05) is 0 Å². The number of nitrogens with one attached hydrogen (secondary N) is 1. The smallest absolute Gasteiger partial charge is 0.270 e. The summed E-state index contributed by atoms with van der Waals surface area (Å²) in [6.07, 6.45) is 1.70. The number of rotatable bonds is 3. The first-order chi connectivity index (χ1) is 10.9. The summed E-state index contributed by atoms with van der Waals surface area (Å²) in [6, 6.07) is 5.03. The zero-order chi connectivity index (χ0) is 16.6. The van der Waals surface area contributed by atoms with Gasteiger partial charge in [0.25, 0.3) is 15.9 Å². The zero-order valence-corrected chi connectivity index (χ0v) is 16.6. The molecule has 0 aliphatic carbocycles. The topological polar surface area (TPSA) is 73.5 Å². The van der Waals surface area contributed by atoms with Crippen LogP contribution in [0.25, 0.3) is 0 Å². The number of halogens is 2. The first kappa shape index (κ1) is 17.2. The average Bonchev–Trinajstić information content (AvgIpc) is 3.15. The van der Waals surface area contributed by atoms with E-state index < -0.39 is 10.0 Å². The number of thiophene rings is 1. The van der Waals surface area contributed by atoms with Crippen LogP contribution in [0.1, 0.15) is 10.5 Å². The number of nitrogens with zero attached hydrogens (tertiary/aromatic N) is 2. The normalized spacial score (nSPS) is 16.7. The fourth-order valence-corrected chi connectivity index (χ4v) is 6.29. The molecule has 1 aliphatic rings. The molecule has 0 unspecified atom stereocenters. The number of aromatic nitrogens is 1. The highest BCUT2D eigenvalue weighted by molar-refractivity contribution is 9.11. The van der Waals surface area contributed by atoms with Gasteiger partial charge >= 0.3 is 0 Å². The molecule has 0 bridgehead atoms. The standard InChI is InChI=1S/C13H13Br2N3O3S2/c14-9-7-10(16-8-9)13(19)17-3-5-18(6-4-17)23(20,21)12-2-1-11(15)22-12/h1-2,7-8,16H,3-6H2. The number of piperazine rings is 1. The Balaban J connectivity index is 1.67. The van der Waals surface area contributed by atoms with Gasteiger partial charge in [-0.05, 0) is 50.1 Å². The van der Waals surface area contributed by atoms with Crippen molar-refractivity contribution in [2.45, 2.75) is 4.21 Å². The number of carbonyl (C=O) groups is 1. The summed E-state index contributed by atoms with van der Waals surface area (Å²) >= 11 is 7.77. The molecule has 6 nitrogen and oxygen atoms in total. The van der Waals surface area contributed by atoms with E-state index in [1.54, 1.807) is 29.3 Å². The molecule has 2 aromatic rings. The molecular weight excluding hydrogens is 470 g/mol. The molecule has 23 heavy (non-hydrogen) atoms. The number of sulfonamides is 1. The molecule has 1 saturated heterocycles. The molecule has 2 aromatic heterocycles. The molecule has 1 N–H and O–H groups in total. The molecule has 0 saturated carbocycles. The van der Waals surface area contributed by atoms with Crippen molar-refractivity contribution in [1.82, 2.24) is 14.2 Å². The van der Waals surface area contributed by atoms with Crippen molar-refractivity contribution >= 4 is 59.1 Å². The summed E-state index contributed by atoms with van der Waals surface area (Å²) in [5, 5.41) is 0. The Labute approximate surface area is 154 Å². The van der Waals surface area contributed by atoms with E-state index in [1.807, 2.05) is 0 Å². The van der Waals surface area contributed by atoms with Gasteiger partial charge in [0.1, 0.15) is 9.90 Å². The van der Waals surface area contributed by atoms with Crippen molar-refractivity contribution in [2.24, 2.45) is 0 Å². The summed E-state index contributed by atoms with van der Waals surface area (Å²) in [4.78, 5) is 16.9. The molecule has 10 heteroatoms. The Morgan fingerprint density at radius 3 is 2.39 bits per heavy atom. The van der Waals surface area contributed by atoms with Crippen molar-refractivity contribution in [2.75, 3.05) is 26.2 Å². The lowest BCUT2D eigenvalue weighted by molar-refractivity contribution is 0.0693. The zero-order valence-electron chi connectivity index (χ0n) is 11.8. The number of amides is 1. The average molecular weight is 483 g/mol. The molecule has 0 atom stereocenters. The third kappa shape index (κ3) is 3.55. The minimum Gasteiger partial charge on any atom is -0.356 e. The monoisotopic (exact) mass is 481 g/mol. The van der Waals surface area contributed by atoms with Gasteiger partial charge in [0.05, 0.1) is 3.79 Å². The van der Waals surface area contributed by atoms with Crippen LogP contribution in [0.5, 0.6) is 0 Å². The predicted octanol–water partition coefficient (Wildman–Crippen LogP) is 2.75. The number of H-pyrrole nitrogens is 1. The molecule has 1 aliphatic heterocycles. The van der Waals surface area contributed by atoms with Crippen LogP contribution >= 0.6 is 43.2 Å². The second-order valence-electron chi connectivity index (χ2n) is 4.99. The summed E-state index contributed by atoms with van der Waals surface area (Å²) in [7, 11) is -3.48. The van der Waals surface area contributed by atoms with Crippen LogP contribution in [-0.2, 0) is 10.0 Å². The van der Waals surface area contributed by atoms with Crippen molar-refractivity contribution in [3.8, 4) is 0 Å². The largest absolute Gasteiger partial charge is 0.356 e. The number of hydrogen-bond acceptors (Lipinski definition) is 4. The van der Waals surface area contributed by atoms with Gasteiger partial charge in [-0.25, -0.2) is 8.42 Å². The Kier molecular flexibility index (Phi) is 4.98. The van der Waals surface area contributed by atoms with Crippen LogP contribution in [0.3, 0.4) is 0 Å². The number of hydrogen-bond donors (Lipinski definition) is 1. The predicted molar refractivity (Wildman–Crippen MR) is 95.2 cm³/mol. The Bertz CT molecular complexity index is 823. The van der Waals surface area contributed by atoms with Gasteiger partial charge in [0.15, 0.2) is 0 Å². The Morgan fingerprint density at radius 2 is 1.87 bits per heavy atom. The van der Waals surface area contributed by atoms with Gasteiger partial charge < -0.3 is 9.88 Å². The molecule has 3 rings (SSSR count). The highest BCUT2D eigenvalue weighted by atomic mass is 79.9. The molecule has 1 amide bonds. The number of carbonyl (C=O) groups excluding carboxylic acids is 1. The summed E-state index contributed by atoms with van der Waals surface area (Å²) in [6.45, 7) is 1.35. The molecule has 0 spiro atoms. The second-order valence-corrected chi connectivity index (χ2v) is 10.5. The highest BCUT2D eigenvalue weighted by Crippen LogP contribution is 2.29. The van der Waals surface area contributed by atoms with Gasteiger partial charge in [-0.2, -0.15) is 4.31 Å². The lowest BCUT2D eigenvalue weighted by atomic mass is 10.3. The summed E-state index contributed by atoms with van der Waals surface area (Å²) in [5.74, 6) is -0.119. The van der Waals surface area contributed by atoms with E-state index in [0.29, 0.717) is 36.1 Å². The molecule has 0 aromatic carbocycles. The van der Waals surface area contributed by atoms with Crippen molar-refractivity contribution in [3.63, 3.8) is 0 Å². The van der Waals surface area contributed by atoms with E-state index >= 15 is 0 Å². The fraction of sp³-hybridized carbons (Fsp3) is 0.308. The van der Waals surface area contributed by atoms with E-state index in [1.165, 1.54) is 15.6 Å². The van der Waals surface area contributed by atoms with Crippen molar-refractivity contribution in [3.05, 3.63) is 38.3 Å². The van der Waals surface area contributed by atoms with Crippen LogP contribution in [0.4, 0.5) is 0 Å². The van der Waals surface area contributed by atoms with Gasteiger partial charge in [-0.3, -0.25) is 4.79 Å². The van der Waals surface area contributed by atoms with Crippen LogP contribution in [0.2, 0.25) is 0 Å². The molecule has 3 heterocycles. The minimum absolute atomic E-state index is 0.119. The second kappa shape index (κ2) is 6.67. The Morgan fingerprint density at radius 1 is 1.17 bits per heavy atom. The molecule has 1 fully saturated rings. The number of aromatic amines is 1. The van der Waals surface area contributed by atoms with Crippen LogP contribution in [0, 0.1) is 0 Å². The van der Waals surface area contributed by atoms with Crippen molar-refractivity contribution in [1.29, 1.82) is 0 Å². The first-order valence-corrected chi connectivity index (χ1v) is 10.6. The van der Waals surface area contributed by atoms with E-state index in [4.69, 9.17) is 0 Å². The van der Waals surface area contributed by atoms with Crippen LogP contribution in [-0.4, -0.2) is 54.7 Å². The fourth-order valence-electron chi connectivity index (χ4n) is 2.36. The third-order valence-electron chi connectivity index (χ3n) is 3.55. The maximum atomic E-state index is 12.6. The van der Waals surface area contributed by atoms with Gasteiger partial charge in [-0.15, -0.1) is 11.3 Å². The molecule has 0 radical (unpaired) electrons. The molecular formula is C13H13Br2N3O3S2. The summed E-state index contributed by atoms with van der Waals surface area (Å²) in [5.41, 5.74) is 0.496. The van der Waals surface area contributed by atoms with Gasteiger partial charge in [0, 0.05) is 36.8 Å². The first-order valence-electron chi connectivity index (χ1n) is 6.76. The van der Waals surface area contributed by atoms with E-state index in [9.17, 15) is 13.2 Å². The minimum atomic E-state index is -3.48. The third-order valence-corrected chi connectivity index (χ3v) is 7.99. The maximum Gasteiger partial charge on any atom is 0.270 e. The van der Waals surface area contributed by atoms with Crippen molar-refractivity contribution < 1.29 is 13.2 Å². The van der Waals surface area contributed by atoms with Gasteiger partial charge in [0.2, 0.25) is 0 Å². The van der Waals surface area contributed by atoms with E-state index in [2.05, 4.69) is 36.8 Å².